The first-order chi connectivity index (χ1) is 8.24. The Kier molecular flexibility index (Phi) is 3.71. The van der Waals surface area contributed by atoms with Gasteiger partial charge in [-0.15, -0.1) is 10.2 Å². The highest BCUT2D eigenvalue weighted by atomic mass is 32.1. The predicted molar refractivity (Wildman–Crippen MR) is 69.1 cm³/mol. The Morgan fingerprint density at radius 3 is 2.94 bits per heavy atom. The van der Waals surface area contributed by atoms with Crippen LogP contribution in [-0.2, 0) is 0 Å². The number of nitrogens with two attached hydrogens (primary N) is 1. The first-order valence-corrected chi connectivity index (χ1v) is 6.29. The third-order valence-electron chi connectivity index (χ3n) is 2.51. The summed E-state index contributed by atoms with van der Waals surface area (Å²) < 4.78 is 5.18. The van der Waals surface area contributed by atoms with Gasteiger partial charge in [-0.1, -0.05) is 30.4 Å². The van der Waals surface area contributed by atoms with Crippen molar-refractivity contribution in [1.82, 2.24) is 10.2 Å². The smallest absolute Gasteiger partial charge is 0.147 e. The van der Waals surface area contributed by atoms with Gasteiger partial charge in [0.05, 0.1) is 13.2 Å². The van der Waals surface area contributed by atoms with Crippen LogP contribution in [0.25, 0.3) is 10.6 Å². The third-order valence-corrected chi connectivity index (χ3v) is 3.62. The molecule has 1 aromatic carbocycles. The average molecular weight is 249 g/mol. The Hall–Kier alpha value is -1.46. The highest BCUT2D eigenvalue weighted by Crippen LogP contribution is 2.28. The van der Waals surface area contributed by atoms with Crippen LogP contribution in [0.3, 0.4) is 0 Å². The van der Waals surface area contributed by atoms with Gasteiger partial charge in [-0.05, 0) is 18.6 Å². The average Bonchev–Trinajstić information content (AvgIpc) is 2.87. The lowest BCUT2D eigenvalue weighted by molar-refractivity contribution is 0.415. The molecule has 0 aliphatic rings. The largest absolute Gasteiger partial charge is 0.497 e. The molecule has 1 heterocycles. The van der Waals surface area contributed by atoms with Gasteiger partial charge in [0.1, 0.15) is 15.8 Å². The van der Waals surface area contributed by atoms with Gasteiger partial charge in [0.2, 0.25) is 0 Å². The topological polar surface area (TPSA) is 61.0 Å². The van der Waals surface area contributed by atoms with Gasteiger partial charge in [0.15, 0.2) is 0 Å². The van der Waals surface area contributed by atoms with Crippen molar-refractivity contribution in [2.24, 2.45) is 5.73 Å². The van der Waals surface area contributed by atoms with Gasteiger partial charge in [0, 0.05) is 5.56 Å². The summed E-state index contributed by atoms with van der Waals surface area (Å²) in [5.74, 6) is 0.819. The number of rotatable bonds is 4. The summed E-state index contributed by atoms with van der Waals surface area (Å²) in [6, 6.07) is 7.76. The summed E-state index contributed by atoms with van der Waals surface area (Å²) in [5.41, 5.74) is 6.94. The van der Waals surface area contributed by atoms with Crippen LogP contribution in [0.2, 0.25) is 0 Å². The van der Waals surface area contributed by atoms with Gasteiger partial charge in [-0.3, -0.25) is 0 Å². The van der Waals surface area contributed by atoms with Crippen molar-refractivity contribution in [3.8, 4) is 16.3 Å². The minimum absolute atomic E-state index is 0.0214. The van der Waals surface area contributed by atoms with Crippen molar-refractivity contribution in [2.45, 2.75) is 19.4 Å². The van der Waals surface area contributed by atoms with Crippen LogP contribution in [-0.4, -0.2) is 17.3 Å². The number of benzene rings is 1. The number of aromatic nitrogens is 2. The Bertz CT molecular complexity index is 498. The van der Waals surface area contributed by atoms with Crippen LogP contribution >= 0.6 is 11.3 Å². The molecule has 1 aromatic heterocycles. The van der Waals surface area contributed by atoms with Crippen LogP contribution in [0.15, 0.2) is 24.3 Å². The normalized spacial score (nSPS) is 12.4. The molecule has 0 spiro atoms. The van der Waals surface area contributed by atoms with E-state index in [1.54, 1.807) is 7.11 Å². The van der Waals surface area contributed by atoms with E-state index in [0.717, 1.165) is 27.7 Å². The lowest BCUT2D eigenvalue weighted by Crippen LogP contribution is -2.07. The fraction of sp³-hybridized carbons (Fsp3) is 0.333. The molecule has 0 radical (unpaired) electrons. The van der Waals surface area contributed by atoms with E-state index in [4.69, 9.17) is 10.5 Å². The Balaban J connectivity index is 2.30. The number of methoxy groups -OCH3 is 1. The van der Waals surface area contributed by atoms with Gasteiger partial charge < -0.3 is 10.5 Å². The number of hydrogen-bond acceptors (Lipinski definition) is 5. The molecule has 0 amide bonds. The maximum atomic E-state index is 5.92. The number of ether oxygens (including phenoxy) is 1. The molecule has 0 saturated carbocycles. The third kappa shape index (κ3) is 2.62. The molecule has 0 bridgehead atoms. The van der Waals surface area contributed by atoms with Crippen molar-refractivity contribution in [3.63, 3.8) is 0 Å². The van der Waals surface area contributed by atoms with Crippen LogP contribution in [0.1, 0.15) is 24.4 Å². The van der Waals surface area contributed by atoms with Gasteiger partial charge >= 0.3 is 0 Å². The van der Waals surface area contributed by atoms with E-state index in [0.29, 0.717) is 0 Å². The maximum absolute atomic E-state index is 5.92. The molecule has 17 heavy (non-hydrogen) atoms. The molecule has 0 saturated heterocycles. The Morgan fingerprint density at radius 2 is 2.24 bits per heavy atom. The second-order valence-electron chi connectivity index (χ2n) is 3.69. The molecule has 0 aliphatic heterocycles. The summed E-state index contributed by atoms with van der Waals surface area (Å²) >= 11 is 1.54. The summed E-state index contributed by atoms with van der Waals surface area (Å²) in [5, 5.41) is 10.0. The lowest BCUT2D eigenvalue weighted by atomic mass is 10.2. The molecular formula is C12H15N3OS. The van der Waals surface area contributed by atoms with Crippen LogP contribution in [0.5, 0.6) is 5.75 Å². The predicted octanol–water partition coefficient (Wildman–Crippen LogP) is 2.62. The molecule has 1 atom stereocenters. The van der Waals surface area contributed by atoms with Crippen molar-refractivity contribution < 1.29 is 4.74 Å². The monoisotopic (exact) mass is 249 g/mol. The van der Waals surface area contributed by atoms with Crippen molar-refractivity contribution >= 4 is 11.3 Å². The fourth-order valence-corrected chi connectivity index (χ4v) is 2.36. The summed E-state index contributed by atoms with van der Waals surface area (Å²) in [6.07, 6.45) is 0.868. The molecule has 2 N–H and O–H groups in total. The quantitative estimate of drug-likeness (QED) is 0.904. The van der Waals surface area contributed by atoms with Crippen LogP contribution in [0, 0.1) is 0 Å². The molecule has 1 unspecified atom stereocenters. The van der Waals surface area contributed by atoms with E-state index in [2.05, 4.69) is 10.2 Å². The van der Waals surface area contributed by atoms with E-state index in [9.17, 15) is 0 Å². The minimum Gasteiger partial charge on any atom is -0.497 e. The van der Waals surface area contributed by atoms with Crippen LogP contribution < -0.4 is 10.5 Å². The first kappa shape index (κ1) is 12.0. The molecule has 90 valence electrons. The molecular weight excluding hydrogens is 234 g/mol. The zero-order valence-corrected chi connectivity index (χ0v) is 10.7. The molecule has 5 heteroatoms. The minimum atomic E-state index is -0.0214. The highest BCUT2D eigenvalue weighted by Gasteiger charge is 2.12. The second kappa shape index (κ2) is 5.25. The zero-order chi connectivity index (χ0) is 12.3. The lowest BCUT2D eigenvalue weighted by Gasteiger charge is -2.01. The van der Waals surface area contributed by atoms with Crippen molar-refractivity contribution in [3.05, 3.63) is 29.3 Å². The Morgan fingerprint density at radius 1 is 1.41 bits per heavy atom. The van der Waals surface area contributed by atoms with E-state index in [-0.39, 0.29) is 6.04 Å². The van der Waals surface area contributed by atoms with Gasteiger partial charge in [0.25, 0.3) is 0 Å². The highest BCUT2D eigenvalue weighted by molar-refractivity contribution is 7.14. The maximum Gasteiger partial charge on any atom is 0.147 e. The van der Waals surface area contributed by atoms with Gasteiger partial charge in [-0.25, -0.2) is 0 Å². The summed E-state index contributed by atoms with van der Waals surface area (Å²) in [4.78, 5) is 0. The fourth-order valence-electron chi connectivity index (χ4n) is 1.43. The van der Waals surface area contributed by atoms with Crippen molar-refractivity contribution in [2.75, 3.05) is 7.11 Å². The summed E-state index contributed by atoms with van der Waals surface area (Å²) in [7, 11) is 1.65. The second-order valence-corrected chi connectivity index (χ2v) is 4.70. The SMILES string of the molecule is CCC(N)c1nnc(-c2cccc(OC)c2)s1. The molecule has 4 nitrogen and oxygen atoms in total. The van der Waals surface area contributed by atoms with Crippen molar-refractivity contribution in [1.29, 1.82) is 0 Å². The number of nitrogens with zero attached hydrogens (tertiary/aromatic N) is 2. The van der Waals surface area contributed by atoms with E-state index >= 15 is 0 Å². The van der Waals surface area contributed by atoms with E-state index in [1.807, 2.05) is 31.2 Å². The summed E-state index contributed by atoms with van der Waals surface area (Å²) in [6.45, 7) is 2.04. The standard InChI is InChI=1S/C12H15N3OS/c1-3-10(13)12-15-14-11(17-12)8-5-4-6-9(7-8)16-2/h4-7,10H,3,13H2,1-2H3. The van der Waals surface area contributed by atoms with E-state index < -0.39 is 0 Å². The first-order valence-electron chi connectivity index (χ1n) is 5.48. The number of hydrogen-bond donors (Lipinski definition) is 1. The molecule has 0 aliphatic carbocycles. The zero-order valence-electron chi connectivity index (χ0n) is 9.88. The van der Waals surface area contributed by atoms with Gasteiger partial charge in [-0.2, -0.15) is 0 Å². The molecule has 2 aromatic rings. The van der Waals surface area contributed by atoms with Crippen LogP contribution in [0.4, 0.5) is 0 Å². The van der Waals surface area contributed by atoms with E-state index in [1.165, 1.54) is 11.3 Å². The molecule has 2 rings (SSSR count). The molecule has 0 fully saturated rings. The Labute approximate surface area is 104 Å².